The van der Waals surface area contributed by atoms with Crippen LogP contribution in [0, 0.1) is 6.92 Å². The lowest BCUT2D eigenvalue weighted by Gasteiger charge is -2.23. The summed E-state index contributed by atoms with van der Waals surface area (Å²) in [6.45, 7) is 8.31. The number of hydrogen-bond acceptors (Lipinski definition) is 5. The van der Waals surface area contributed by atoms with Crippen LogP contribution in [0.1, 0.15) is 50.9 Å². The van der Waals surface area contributed by atoms with Crippen molar-refractivity contribution in [1.82, 2.24) is 9.97 Å². The number of nitrogens with one attached hydrogen (secondary N) is 2. The molecule has 1 aliphatic rings. The highest BCUT2D eigenvalue weighted by Crippen LogP contribution is 2.39. The molecular formula is C12H21N5. The quantitative estimate of drug-likeness (QED) is 0.553. The Morgan fingerprint density at radius 3 is 2.24 bits per heavy atom. The molecule has 0 aliphatic heterocycles. The zero-order valence-corrected chi connectivity index (χ0v) is 11.0. The summed E-state index contributed by atoms with van der Waals surface area (Å²) in [5.74, 6) is 8.51. The van der Waals surface area contributed by atoms with Crippen molar-refractivity contribution in [3.63, 3.8) is 0 Å². The van der Waals surface area contributed by atoms with E-state index >= 15 is 0 Å². The largest absolute Gasteiger partial charge is 0.365 e. The SMILES string of the molecule is Cc1c(NN)nc(C2CC2)nc1NC(C)(C)C. The van der Waals surface area contributed by atoms with Crippen molar-refractivity contribution in [3.05, 3.63) is 11.4 Å². The maximum absolute atomic E-state index is 5.50. The average Bonchev–Trinajstić information content (AvgIpc) is 3.02. The van der Waals surface area contributed by atoms with E-state index in [0.29, 0.717) is 11.7 Å². The second-order valence-electron chi connectivity index (χ2n) is 5.70. The van der Waals surface area contributed by atoms with Gasteiger partial charge in [0.15, 0.2) is 0 Å². The van der Waals surface area contributed by atoms with E-state index in [1.807, 2.05) is 6.92 Å². The molecule has 4 N–H and O–H groups in total. The first-order chi connectivity index (χ1) is 7.90. The van der Waals surface area contributed by atoms with E-state index in [4.69, 9.17) is 5.84 Å². The maximum Gasteiger partial charge on any atom is 0.148 e. The predicted molar refractivity (Wildman–Crippen MR) is 69.9 cm³/mol. The fourth-order valence-electron chi connectivity index (χ4n) is 1.68. The minimum Gasteiger partial charge on any atom is -0.365 e. The van der Waals surface area contributed by atoms with Gasteiger partial charge in [-0.25, -0.2) is 15.8 Å². The normalized spacial score (nSPS) is 15.8. The van der Waals surface area contributed by atoms with Crippen LogP contribution >= 0.6 is 0 Å². The Hall–Kier alpha value is -1.36. The van der Waals surface area contributed by atoms with E-state index in [0.717, 1.165) is 17.2 Å². The van der Waals surface area contributed by atoms with Gasteiger partial charge in [-0.2, -0.15) is 0 Å². The summed E-state index contributed by atoms with van der Waals surface area (Å²) in [5, 5.41) is 3.40. The summed E-state index contributed by atoms with van der Waals surface area (Å²) in [5.41, 5.74) is 3.60. The molecule has 94 valence electrons. The van der Waals surface area contributed by atoms with Gasteiger partial charge in [-0.1, -0.05) is 0 Å². The molecule has 5 nitrogen and oxygen atoms in total. The van der Waals surface area contributed by atoms with Crippen molar-refractivity contribution < 1.29 is 0 Å². The van der Waals surface area contributed by atoms with E-state index in [1.165, 1.54) is 12.8 Å². The highest BCUT2D eigenvalue weighted by molar-refractivity contribution is 5.57. The molecule has 0 spiro atoms. The third kappa shape index (κ3) is 2.85. The number of nitrogens with zero attached hydrogens (tertiary/aromatic N) is 2. The van der Waals surface area contributed by atoms with Crippen molar-refractivity contribution in [1.29, 1.82) is 0 Å². The number of nitrogens with two attached hydrogens (primary N) is 1. The zero-order valence-electron chi connectivity index (χ0n) is 11.0. The van der Waals surface area contributed by atoms with Gasteiger partial charge < -0.3 is 10.7 Å². The standard InChI is InChI=1S/C12H21N5/c1-7-9(16-12(2,3)4)14-11(8-5-6-8)15-10(7)17-13/h8H,5-6,13H2,1-4H3,(H2,14,15,16,17). The number of hydrazine groups is 1. The van der Waals surface area contributed by atoms with Gasteiger partial charge >= 0.3 is 0 Å². The molecule has 0 atom stereocenters. The topological polar surface area (TPSA) is 75.9 Å². The van der Waals surface area contributed by atoms with E-state index in [-0.39, 0.29) is 5.54 Å². The molecule has 1 fully saturated rings. The molecule has 1 aliphatic carbocycles. The first-order valence-corrected chi connectivity index (χ1v) is 6.04. The Balaban J connectivity index is 2.37. The van der Waals surface area contributed by atoms with E-state index in [1.54, 1.807) is 0 Å². The van der Waals surface area contributed by atoms with Crippen LogP contribution in [0.2, 0.25) is 0 Å². The Kier molecular flexibility index (Phi) is 2.95. The summed E-state index contributed by atoms with van der Waals surface area (Å²) in [4.78, 5) is 9.07. The summed E-state index contributed by atoms with van der Waals surface area (Å²) < 4.78 is 0. The van der Waals surface area contributed by atoms with Gasteiger partial charge in [-0.3, -0.25) is 0 Å². The predicted octanol–water partition coefficient (Wildman–Crippen LogP) is 2.16. The molecule has 2 rings (SSSR count). The lowest BCUT2D eigenvalue weighted by atomic mass is 10.1. The van der Waals surface area contributed by atoms with Crippen LogP contribution in [-0.2, 0) is 0 Å². The van der Waals surface area contributed by atoms with E-state index < -0.39 is 0 Å². The number of nitrogen functional groups attached to an aromatic ring is 1. The lowest BCUT2D eigenvalue weighted by molar-refractivity contribution is 0.628. The van der Waals surface area contributed by atoms with E-state index in [9.17, 15) is 0 Å². The van der Waals surface area contributed by atoms with Crippen LogP contribution in [0.4, 0.5) is 11.6 Å². The van der Waals surface area contributed by atoms with Gasteiger partial charge in [0.25, 0.3) is 0 Å². The minimum atomic E-state index is -0.0220. The van der Waals surface area contributed by atoms with Crippen LogP contribution in [0.5, 0.6) is 0 Å². The van der Waals surface area contributed by atoms with Gasteiger partial charge in [0.1, 0.15) is 17.5 Å². The summed E-state index contributed by atoms with van der Waals surface area (Å²) in [7, 11) is 0. The number of rotatable bonds is 3. The lowest BCUT2D eigenvalue weighted by Crippen LogP contribution is -2.28. The second-order valence-corrected chi connectivity index (χ2v) is 5.70. The average molecular weight is 235 g/mol. The molecule has 0 bridgehead atoms. The number of anilines is 2. The highest BCUT2D eigenvalue weighted by Gasteiger charge is 2.28. The van der Waals surface area contributed by atoms with Crippen molar-refractivity contribution >= 4 is 11.6 Å². The van der Waals surface area contributed by atoms with Crippen molar-refractivity contribution in [2.75, 3.05) is 10.7 Å². The van der Waals surface area contributed by atoms with Crippen molar-refractivity contribution in [2.24, 2.45) is 5.84 Å². The Labute approximate surface area is 102 Å². The second kappa shape index (κ2) is 4.14. The summed E-state index contributed by atoms with van der Waals surface area (Å²) in [6, 6.07) is 0. The van der Waals surface area contributed by atoms with Crippen LogP contribution in [0.3, 0.4) is 0 Å². The molecule has 0 amide bonds. The van der Waals surface area contributed by atoms with Crippen molar-refractivity contribution in [3.8, 4) is 0 Å². The third-order valence-electron chi connectivity index (χ3n) is 2.74. The maximum atomic E-state index is 5.50. The first-order valence-electron chi connectivity index (χ1n) is 6.04. The molecule has 1 aromatic heterocycles. The molecule has 1 heterocycles. The molecule has 1 saturated carbocycles. The summed E-state index contributed by atoms with van der Waals surface area (Å²) in [6.07, 6.45) is 2.37. The molecule has 0 saturated heterocycles. The Bertz CT molecular complexity index is 418. The third-order valence-corrected chi connectivity index (χ3v) is 2.74. The van der Waals surface area contributed by atoms with Gasteiger partial charge in [0.05, 0.1) is 0 Å². The number of hydrogen-bond donors (Lipinski definition) is 3. The molecule has 17 heavy (non-hydrogen) atoms. The zero-order chi connectivity index (χ0) is 12.6. The van der Waals surface area contributed by atoms with Gasteiger partial charge in [0, 0.05) is 17.0 Å². The van der Waals surface area contributed by atoms with Crippen LogP contribution in [-0.4, -0.2) is 15.5 Å². The summed E-state index contributed by atoms with van der Waals surface area (Å²) >= 11 is 0. The fourth-order valence-corrected chi connectivity index (χ4v) is 1.68. The minimum absolute atomic E-state index is 0.0220. The molecule has 0 unspecified atom stereocenters. The molecular weight excluding hydrogens is 214 g/mol. The first kappa shape index (κ1) is 12.1. The van der Waals surface area contributed by atoms with Crippen LogP contribution in [0.25, 0.3) is 0 Å². The van der Waals surface area contributed by atoms with Gasteiger partial charge in [0.2, 0.25) is 0 Å². The molecule has 0 radical (unpaired) electrons. The smallest absolute Gasteiger partial charge is 0.148 e. The Morgan fingerprint density at radius 1 is 1.18 bits per heavy atom. The van der Waals surface area contributed by atoms with Gasteiger partial charge in [-0.05, 0) is 40.5 Å². The van der Waals surface area contributed by atoms with Crippen LogP contribution < -0.4 is 16.6 Å². The fraction of sp³-hybridized carbons (Fsp3) is 0.667. The monoisotopic (exact) mass is 235 g/mol. The number of aromatic nitrogens is 2. The molecule has 5 heteroatoms. The molecule has 1 aromatic rings. The Morgan fingerprint density at radius 2 is 1.76 bits per heavy atom. The molecule has 0 aromatic carbocycles. The van der Waals surface area contributed by atoms with Crippen molar-refractivity contribution in [2.45, 2.75) is 52.0 Å². The van der Waals surface area contributed by atoms with Crippen LogP contribution in [0.15, 0.2) is 0 Å². The highest BCUT2D eigenvalue weighted by atomic mass is 15.3. The van der Waals surface area contributed by atoms with E-state index in [2.05, 4.69) is 41.5 Å². The van der Waals surface area contributed by atoms with Gasteiger partial charge in [-0.15, -0.1) is 0 Å².